The third-order valence-electron chi connectivity index (χ3n) is 4.59. The summed E-state index contributed by atoms with van der Waals surface area (Å²) in [5.74, 6) is -0.172. The molecule has 0 spiro atoms. The maximum absolute atomic E-state index is 12.4. The van der Waals surface area contributed by atoms with Crippen LogP contribution in [0.2, 0.25) is 5.02 Å². The van der Waals surface area contributed by atoms with Crippen LogP contribution in [0.15, 0.2) is 53.9 Å². The molecule has 1 aromatic heterocycles. The van der Waals surface area contributed by atoms with Crippen LogP contribution < -0.4 is 10.2 Å². The second kappa shape index (κ2) is 8.73. The van der Waals surface area contributed by atoms with Crippen LogP contribution in [0.5, 0.6) is 0 Å². The van der Waals surface area contributed by atoms with Crippen LogP contribution in [0.25, 0.3) is 10.6 Å². The first-order chi connectivity index (χ1) is 13.7. The molecular formula is C21H20ClN3O2S. The van der Waals surface area contributed by atoms with Gasteiger partial charge in [0, 0.05) is 41.3 Å². The molecule has 0 bridgehead atoms. The molecule has 0 unspecified atom stereocenters. The van der Waals surface area contributed by atoms with E-state index in [0.717, 1.165) is 42.4 Å². The van der Waals surface area contributed by atoms with Crippen LogP contribution in [-0.2, 0) is 11.3 Å². The van der Waals surface area contributed by atoms with Gasteiger partial charge in [-0.05, 0) is 29.8 Å². The Morgan fingerprint density at radius 1 is 1.11 bits per heavy atom. The summed E-state index contributed by atoms with van der Waals surface area (Å²) < 4.78 is 5.39. The Balaban J connectivity index is 1.34. The Morgan fingerprint density at radius 3 is 2.54 bits per heavy atom. The van der Waals surface area contributed by atoms with Gasteiger partial charge in [-0.3, -0.25) is 4.79 Å². The number of thiazole rings is 1. The van der Waals surface area contributed by atoms with E-state index in [4.69, 9.17) is 16.3 Å². The van der Waals surface area contributed by atoms with Crippen LogP contribution in [0.1, 0.15) is 16.1 Å². The van der Waals surface area contributed by atoms with Gasteiger partial charge in [-0.25, -0.2) is 4.98 Å². The molecule has 1 N–H and O–H groups in total. The summed E-state index contributed by atoms with van der Waals surface area (Å²) in [5.41, 5.74) is 3.62. The number of hydrogen-bond donors (Lipinski definition) is 1. The number of carbonyl (C=O) groups is 1. The van der Waals surface area contributed by atoms with E-state index in [0.29, 0.717) is 17.3 Å². The van der Waals surface area contributed by atoms with E-state index in [-0.39, 0.29) is 5.91 Å². The van der Waals surface area contributed by atoms with E-state index < -0.39 is 0 Å². The quantitative estimate of drug-likeness (QED) is 0.680. The molecule has 1 aliphatic heterocycles. The molecule has 1 saturated heterocycles. The highest BCUT2D eigenvalue weighted by Crippen LogP contribution is 2.25. The zero-order valence-electron chi connectivity index (χ0n) is 15.2. The summed E-state index contributed by atoms with van der Waals surface area (Å²) in [5, 5.41) is 6.20. The largest absolute Gasteiger partial charge is 0.378 e. The molecule has 0 saturated carbocycles. The number of carbonyl (C=O) groups excluding carboxylic acids is 1. The van der Waals surface area contributed by atoms with Crippen molar-refractivity contribution in [2.45, 2.75) is 6.54 Å². The molecular weight excluding hydrogens is 394 g/mol. The fraction of sp³-hybridized carbons (Fsp3) is 0.238. The number of nitrogens with zero attached hydrogens (tertiary/aromatic N) is 2. The number of aromatic nitrogens is 1. The van der Waals surface area contributed by atoms with Gasteiger partial charge >= 0.3 is 0 Å². The molecule has 1 fully saturated rings. The molecule has 3 aromatic rings. The van der Waals surface area contributed by atoms with Crippen molar-refractivity contribution in [3.8, 4) is 10.6 Å². The van der Waals surface area contributed by atoms with Gasteiger partial charge in [-0.2, -0.15) is 0 Å². The van der Waals surface area contributed by atoms with E-state index in [2.05, 4.69) is 27.3 Å². The summed E-state index contributed by atoms with van der Waals surface area (Å²) in [7, 11) is 0. The first kappa shape index (κ1) is 18.9. The van der Waals surface area contributed by atoms with Crippen molar-refractivity contribution in [2.24, 2.45) is 0 Å². The van der Waals surface area contributed by atoms with Crippen molar-refractivity contribution in [3.05, 3.63) is 70.2 Å². The Hall–Kier alpha value is -2.41. The molecule has 5 nitrogen and oxygen atoms in total. The van der Waals surface area contributed by atoms with Gasteiger partial charge in [0.05, 0.1) is 13.2 Å². The SMILES string of the molecule is O=C(NCc1ccc(N2CCOCC2)cc1)c1csc(-c2ccc(Cl)cc2)n1. The molecule has 0 radical (unpaired) electrons. The minimum absolute atomic E-state index is 0.172. The number of anilines is 1. The number of hydrogen-bond acceptors (Lipinski definition) is 5. The van der Waals surface area contributed by atoms with Gasteiger partial charge in [0.25, 0.3) is 5.91 Å². The Kier molecular flexibility index (Phi) is 5.90. The number of amides is 1. The topological polar surface area (TPSA) is 54.5 Å². The number of ether oxygens (including phenoxy) is 1. The summed E-state index contributed by atoms with van der Waals surface area (Å²) in [6, 6.07) is 15.7. The van der Waals surface area contributed by atoms with Crippen molar-refractivity contribution >= 4 is 34.5 Å². The minimum atomic E-state index is -0.172. The van der Waals surface area contributed by atoms with Crippen molar-refractivity contribution < 1.29 is 9.53 Å². The van der Waals surface area contributed by atoms with E-state index in [1.807, 2.05) is 36.4 Å². The molecule has 0 atom stereocenters. The van der Waals surface area contributed by atoms with Crippen LogP contribution in [0, 0.1) is 0 Å². The fourth-order valence-electron chi connectivity index (χ4n) is 3.02. The highest BCUT2D eigenvalue weighted by molar-refractivity contribution is 7.13. The van der Waals surface area contributed by atoms with Crippen LogP contribution >= 0.6 is 22.9 Å². The molecule has 1 amide bonds. The zero-order chi connectivity index (χ0) is 19.3. The Labute approximate surface area is 172 Å². The summed E-state index contributed by atoms with van der Waals surface area (Å²) in [6.45, 7) is 3.83. The number of benzene rings is 2. The standard InChI is InChI=1S/C21H20ClN3O2S/c22-17-5-3-16(4-6-17)21-24-19(14-28-21)20(26)23-13-15-1-7-18(8-2-15)25-9-11-27-12-10-25/h1-8,14H,9-13H2,(H,23,26). The molecule has 1 aliphatic rings. The monoisotopic (exact) mass is 413 g/mol. The number of rotatable bonds is 5. The lowest BCUT2D eigenvalue weighted by molar-refractivity contribution is 0.0946. The number of morpholine rings is 1. The van der Waals surface area contributed by atoms with E-state index in [9.17, 15) is 4.79 Å². The first-order valence-corrected chi connectivity index (χ1v) is 10.4. The predicted octanol–water partition coefficient (Wildman–Crippen LogP) is 4.23. The van der Waals surface area contributed by atoms with Gasteiger partial charge in [-0.15, -0.1) is 11.3 Å². The van der Waals surface area contributed by atoms with Gasteiger partial charge in [0.1, 0.15) is 10.7 Å². The van der Waals surface area contributed by atoms with Crippen LogP contribution in [0.3, 0.4) is 0 Å². The van der Waals surface area contributed by atoms with Crippen LogP contribution in [0.4, 0.5) is 5.69 Å². The predicted molar refractivity (Wildman–Crippen MR) is 113 cm³/mol. The molecule has 0 aliphatic carbocycles. The maximum atomic E-state index is 12.4. The van der Waals surface area contributed by atoms with Crippen molar-refractivity contribution in [3.63, 3.8) is 0 Å². The third kappa shape index (κ3) is 4.52. The number of nitrogens with one attached hydrogen (secondary N) is 1. The average molecular weight is 414 g/mol. The van der Waals surface area contributed by atoms with Crippen LogP contribution in [-0.4, -0.2) is 37.2 Å². The summed E-state index contributed by atoms with van der Waals surface area (Å²) >= 11 is 7.36. The first-order valence-electron chi connectivity index (χ1n) is 9.10. The molecule has 144 valence electrons. The smallest absolute Gasteiger partial charge is 0.271 e. The van der Waals surface area contributed by atoms with Gasteiger partial charge in [0.15, 0.2) is 0 Å². The van der Waals surface area contributed by atoms with Gasteiger partial charge < -0.3 is 15.0 Å². The molecule has 2 aromatic carbocycles. The highest BCUT2D eigenvalue weighted by atomic mass is 35.5. The maximum Gasteiger partial charge on any atom is 0.271 e. The van der Waals surface area contributed by atoms with Crippen molar-refractivity contribution in [2.75, 3.05) is 31.2 Å². The Bertz CT molecular complexity index is 935. The summed E-state index contributed by atoms with van der Waals surface area (Å²) in [6.07, 6.45) is 0. The van der Waals surface area contributed by atoms with Gasteiger partial charge in [0.2, 0.25) is 0 Å². The highest BCUT2D eigenvalue weighted by Gasteiger charge is 2.13. The van der Waals surface area contributed by atoms with Gasteiger partial charge in [-0.1, -0.05) is 35.9 Å². The van der Waals surface area contributed by atoms with E-state index in [1.165, 1.54) is 17.0 Å². The molecule has 2 heterocycles. The van der Waals surface area contributed by atoms with E-state index in [1.54, 1.807) is 5.38 Å². The lowest BCUT2D eigenvalue weighted by Gasteiger charge is -2.28. The molecule has 7 heteroatoms. The fourth-order valence-corrected chi connectivity index (χ4v) is 3.95. The normalized spacial score (nSPS) is 14.1. The van der Waals surface area contributed by atoms with E-state index >= 15 is 0 Å². The second-order valence-corrected chi connectivity index (χ2v) is 7.79. The summed E-state index contributed by atoms with van der Waals surface area (Å²) in [4.78, 5) is 19.2. The lowest BCUT2D eigenvalue weighted by atomic mass is 10.2. The molecule has 28 heavy (non-hydrogen) atoms. The van der Waals surface area contributed by atoms with Crippen molar-refractivity contribution in [1.29, 1.82) is 0 Å². The number of halogens is 1. The average Bonchev–Trinajstić information content (AvgIpc) is 3.24. The Morgan fingerprint density at radius 2 is 1.82 bits per heavy atom. The molecule has 4 rings (SSSR count). The minimum Gasteiger partial charge on any atom is -0.378 e. The zero-order valence-corrected chi connectivity index (χ0v) is 16.8. The lowest BCUT2D eigenvalue weighted by Crippen LogP contribution is -2.36. The third-order valence-corrected chi connectivity index (χ3v) is 5.74. The second-order valence-electron chi connectivity index (χ2n) is 6.49. The van der Waals surface area contributed by atoms with Crippen molar-refractivity contribution in [1.82, 2.24) is 10.3 Å².